The number of rotatable bonds is 9. The van der Waals surface area contributed by atoms with Gasteiger partial charge in [0, 0.05) is 49.3 Å². The first-order valence-corrected chi connectivity index (χ1v) is 11.7. The Morgan fingerprint density at radius 3 is 2.68 bits per heavy atom. The van der Waals surface area contributed by atoms with E-state index in [-0.39, 0.29) is 34.9 Å². The van der Waals surface area contributed by atoms with Crippen LogP contribution in [0.15, 0.2) is 30.3 Å². The van der Waals surface area contributed by atoms with Crippen LogP contribution in [0.25, 0.3) is 11.3 Å². The van der Waals surface area contributed by atoms with Gasteiger partial charge in [-0.05, 0) is 38.0 Å². The Morgan fingerprint density at radius 1 is 1.22 bits per heavy atom. The normalized spacial score (nSPS) is 14.1. The molecule has 12 heteroatoms. The van der Waals surface area contributed by atoms with E-state index in [9.17, 15) is 14.4 Å². The van der Waals surface area contributed by atoms with Gasteiger partial charge in [-0.15, -0.1) is 10.2 Å². The van der Waals surface area contributed by atoms with Gasteiger partial charge in [0.25, 0.3) is 11.8 Å². The molecule has 4 rings (SSSR count). The molecule has 1 aliphatic rings. The molecule has 0 bridgehead atoms. The fourth-order valence-electron chi connectivity index (χ4n) is 3.69. The Morgan fingerprint density at radius 2 is 2.00 bits per heavy atom. The number of carbonyl (C=O) groups excluding carboxylic acids is 3. The van der Waals surface area contributed by atoms with Gasteiger partial charge < -0.3 is 25.6 Å². The summed E-state index contributed by atoms with van der Waals surface area (Å²) in [7, 11) is 4.83. The van der Waals surface area contributed by atoms with E-state index in [0.29, 0.717) is 34.9 Å². The summed E-state index contributed by atoms with van der Waals surface area (Å²) in [5, 5.41) is 19.9. The molecule has 1 fully saturated rings. The van der Waals surface area contributed by atoms with Crippen LogP contribution in [0.5, 0.6) is 5.75 Å². The van der Waals surface area contributed by atoms with Gasteiger partial charge in [-0.1, -0.05) is 6.07 Å². The number of amides is 3. The van der Waals surface area contributed by atoms with Gasteiger partial charge in [0.1, 0.15) is 5.69 Å². The van der Waals surface area contributed by atoms with Gasteiger partial charge >= 0.3 is 0 Å². The van der Waals surface area contributed by atoms with Crippen LogP contribution in [0.4, 0.5) is 17.2 Å². The predicted octanol–water partition coefficient (Wildman–Crippen LogP) is 2.43. The highest BCUT2D eigenvalue weighted by atomic mass is 16.5. The zero-order chi connectivity index (χ0) is 29.2. The molecule has 3 N–H and O–H groups in total. The largest absolute Gasteiger partial charge is 0.494 e. The minimum Gasteiger partial charge on any atom is -0.494 e. The zero-order valence-corrected chi connectivity index (χ0v) is 21.0. The standard InChI is InChI=1S/C25H30N8O4/c1-6-32(3)25(36)19-12-17(31-33(19)4)15-8-7-9-16(22(15)37-5)27-18-13-20(28-23(34)14-10-11-14)29-30-21(18)24(35)26-2/h7-9,12-14H,6,10-11H2,1-5H3,(H,26,35)(H2,27,28,29,34)/i2D3. The molecular weight excluding hydrogens is 476 g/mol. The number of nitrogens with zero attached hydrogens (tertiary/aromatic N) is 5. The van der Waals surface area contributed by atoms with E-state index in [2.05, 4.69) is 25.9 Å². The van der Waals surface area contributed by atoms with E-state index in [1.165, 1.54) is 17.9 Å². The van der Waals surface area contributed by atoms with Crippen LogP contribution in [-0.4, -0.2) is 70.3 Å². The number of aryl methyl sites for hydroxylation is 1. The van der Waals surface area contributed by atoms with Crippen molar-refractivity contribution in [1.29, 1.82) is 0 Å². The van der Waals surface area contributed by atoms with E-state index in [4.69, 9.17) is 8.85 Å². The average molecular weight is 510 g/mol. The average Bonchev–Trinajstić information content (AvgIpc) is 3.68. The quantitative estimate of drug-likeness (QED) is 0.399. The fraction of sp³-hybridized carbons (Fsp3) is 0.360. The molecule has 3 aromatic rings. The van der Waals surface area contributed by atoms with Crippen LogP contribution in [-0.2, 0) is 11.8 Å². The number of hydrogen-bond acceptors (Lipinski definition) is 8. The van der Waals surface area contributed by atoms with Gasteiger partial charge in [0.15, 0.2) is 17.3 Å². The zero-order valence-electron chi connectivity index (χ0n) is 24.0. The number of para-hydroxylation sites is 1. The Bertz CT molecular complexity index is 1450. The third-order valence-electron chi connectivity index (χ3n) is 6.01. The third kappa shape index (κ3) is 5.37. The topological polar surface area (TPSA) is 143 Å². The molecule has 37 heavy (non-hydrogen) atoms. The van der Waals surface area contributed by atoms with Crippen molar-refractivity contribution < 1.29 is 23.2 Å². The first-order valence-electron chi connectivity index (χ1n) is 13.2. The van der Waals surface area contributed by atoms with Gasteiger partial charge in [-0.2, -0.15) is 5.10 Å². The molecule has 1 aliphatic carbocycles. The van der Waals surface area contributed by atoms with E-state index in [1.807, 2.05) is 12.2 Å². The molecule has 3 amide bonds. The van der Waals surface area contributed by atoms with Crippen molar-refractivity contribution in [1.82, 2.24) is 30.2 Å². The molecule has 194 valence electrons. The molecular formula is C25H30N8O4. The maximum absolute atomic E-state index is 12.8. The molecule has 12 nitrogen and oxygen atoms in total. The molecule has 0 spiro atoms. The Labute approximate surface area is 218 Å². The van der Waals surface area contributed by atoms with Gasteiger partial charge in [-0.25, -0.2) is 0 Å². The fourth-order valence-corrected chi connectivity index (χ4v) is 3.69. The lowest BCUT2D eigenvalue weighted by molar-refractivity contribution is -0.117. The second-order valence-corrected chi connectivity index (χ2v) is 8.58. The van der Waals surface area contributed by atoms with Crippen molar-refractivity contribution in [2.24, 2.45) is 13.0 Å². The Kier molecular flexibility index (Phi) is 6.26. The molecule has 0 unspecified atom stereocenters. The number of nitrogens with one attached hydrogen (secondary N) is 3. The smallest absolute Gasteiger partial charge is 0.273 e. The Hall–Kier alpha value is -4.48. The number of carbonyl (C=O) groups is 3. The van der Waals surface area contributed by atoms with Crippen molar-refractivity contribution in [3.05, 3.63) is 41.7 Å². The molecule has 1 aromatic carbocycles. The Balaban J connectivity index is 1.73. The summed E-state index contributed by atoms with van der Waals surface area (Å²) >= 11 is 0. The second kappa shape index (κ2) is 10.6. The molecule has 0 radical (unpaired) electrons. The molecule has 0 atom stereocenters. The van der Waals surface area contributed by atoms with E-state index in [0.717, 1.165) is 12.8 Å². The maximum Gasteiger partial charge on any atom is 0.273 e. The summed E-state index contributed by atoms with van der Waals surface area (Å²) in [6, 6.07) is 8.22. The van der Waals surface area contributed by atoms with Crippen molar-refractivity contribution in [2.45, 2.75) is 19.8 Å². The SMILES string of the molecule is [2H]C([2H])([2H])NC(=O)c1nnc(NC(=O)C2CC2)cc1Nc1cccc(-c2cc(C(=O)N(C)CC)n(C)n2)c1OC. The number of benzene rings is 1. The highest BCUT2D eigenvalue weighted by Crippen LogP contribution is 2.38. The van der Waals surface area contributed by atoms with Crippen molar-refractivity contribution in [3.63, 3.8) is 0 Å². The van der Waals surface area contributed by atoms with E-state index >= 15 is 0 Å². The van der Waals surface area contributed by atoms with Crippen LogP contribution < -0.4 is 20.7 Å². The summed E-state index contributed by atoms with van der Waals surface area (Å²) in [4.78, 5) is 39.4. The number of hydrogen-bond donors (Lipinski definition) is 3. The van der Waals surface area contributed by atoms with Crippen molar-refractivity contribution in [2.75, 3.05) is 38.3 Å². The second-order valence-electron chi connectivity index (χ2n) is 8.58. The van der Waals surface area contributed by atoms with Crippen molar-refractivity contribution >= 4 is 34.9 Å². The molecule has 2 heterocycles. The minimum atomic E-state index is -2.76. The minimum absolute atomic E-state index is 0.0831. The van der Waals surface area contributed by atoms with Crippen molar-refractivity contribution in [3.8, 4) is 17.0 Å². The summed E-state index contributed by atoms with van der Waals surface area (Å²) in [5.41, 5.74) is 1.58. The van der Waals surface area contributed by atoms with Crippen LogP contribution in [0, 0.1) is 5.92 Å². The monoisotopic (exact) mass is 509 g/mol. The number of ether oxygens (including phenoxy) is 1. The van der Waals surface area contributed by atoms with Crippen LogP contribution in [0.3, 0.4) is 0 Å². The van der Waals surface area contributed by atoms with Gasteiger partial charge in [0.05, 0.1) is 24.2 Å². The third-order valence-corrected chi connectivity index (χ3v) is 6.01. The highest BCUT2D eigenvalue weighted by molar-refractivity contribution is 6.00. The predicted molar refractivity (Wildman–Crippen MR) is 138 cm³/mol. The molecule has 0 aliphatic heterocycles. The molecule has 1 saturated carbocycles. The van der Waals surface area contributed by atoms with E-state index < -0.39 is 12.9 Å². The van der Waals surface area contributed by atoms with E-state index in [1.54, 1.807) is 43.3 Å². The number of aromatic nitrogens is 4. The number of anilines is 3. The van der Waals surface area contributed by atoms with Gasteiger partial charge in [0.2, 0.25) is 5.91 Å². The summed E-state index contributed by atoms with van der Waals surface area (Å²) in [6.07, 6.45) is 1.56. The first-order chi connectivity index (χ1) is 18.9. The molecule has 0 saturated heterocycles. The lowest BCUT2D eigenvalue weighted by Crippen LogP contribution is -2.28. The highest BCUT2D eigenvalue weighted by Gasteiger charge is 2.30. The lowest BCUT2D eigenvalue weighted by atomic mass is 10.1. The summed E-state index contributed by atoms with van der Waals surface area (Å²) in [5.74, 6) is -1.06. The molecule has 2 aromatic heterocycles. The summed E-state index contributed by atoms with van der Waals surface area (Å²) < 4.78 is 29.3. The van der Waals surface area contributed by atoms with Gasteiger partial charge in [-0.3, -0.25) is 19.1 Å². The van der Waals surface area contributed by atoms with Crippen LogP contribution >= 0.6 is 0 Å². The number of methoxy groups -OCH3 is 1. The summed E-state index contributed by atoms with van der Waals surface area (Å²) in [6.45, 7) is -0.355. The first kappa shape index (κ1) is 21.8. The lowest BCUT2D eigenvalue weighted by Gasteiger charge is -2.16. The van der Waals surface area contributed by atoms with Crippen LogP contribution in [0.2, 0.25) is 0 Å². The maximum atomic E-state index is 12.8. The van der Waals surface area contributed by atoms with Crippen LogP contribution in [0.1, 0.15) is 44.9 Å².